The van der Waals surface area contributed by atoms with Gasteiger partial charge in [-0.25, -0.2) is 0 Å². The molecule has 0 spiro atoms. The van der Waals surface area contributed by atoms with Crippen LogP contribution in [-0.4, -0.2) is 25.2 Å². The molecule has 1 saturated carbocycles. The number of rotatable bonds is 4. The molecule has 4 heteroatoms. The average molecular weight is 258 g/mol. The average Bonchev–Trinajstić information content (AvgIpc) is 2.31. The maximum Gasteiger partial charge on any atom is 0.306 e. The highest BCUT2D eigenvalue weighted by Gasteiger charge is 2.17. The summed E-state index contributed by atoms with van der Waals surface area (Å²) in [6.45, 7) is 6.03. The molecule has 0 amide bonds. The summed E-state index contributed by atoms with van der Waals surface area (Å²) >= 11 is 0. The molecule has 0 N–H and O–H groups in total. The van der Waals surface area contributed by atoms with Crippen LogP contribution in [0.1, 0.15) is 59.3 Å². The van der Waals surface area contributed by atoms with Crippen molar-refractivity contribution in [3.8, 4) is 0 Å². The van der Waals surface area contributed by atoms with Gasteiger partial charge in [-0.15, -0.1) is 0 Å². The van der Waals surface area contributed by atoms with Crippen molar-refractivity contribution < 1.29 is 19.1 Å². The van der Waals surface area contributed by atoms with E-state index in [4.69, 9.17) is 4.74 Å². The molecule has 0 saturated heterocycles. The van der Waals surface area contributed by atoms with Gasteiger partial charge in [-0.1, -0.05) is 19.3 Å². The van der Waals surface area contributed by atoms with Crippen molar-refractivity contribution in [1.82, 2.24) is 0 Å². The molecule has 0 unspecified atom stereocenters. The minimum Gasteiger partial charge on any atom is -0.466 e. The zero-order chi connectivity index (χ0) is 13.8. The van der Waals surface area contributed by atoms with E-state index >= 15 is 0 Å². The van der Waals surface area contributed by atoms with Crippen molar-refractivity contribution in [3.63, 3.8) is 0 Å². The highest BCUT2D eigenvalue weighted by molar-refractivity contribution is 5.69. The van der Waals surface area contributed by atoms with E-state index in [-0.39, 0.29) is 11.9 Å². The van der Waals surface area contributed by atoms with Gasteiger partial charge in [0.05, 0.1) is 13.2 Å². The number of carbonyl (C=O) groups is 2. The van der Waals surface area contributed by atoms with Crippen LogP contribution in [0.3, 0.4) is 0 Å². The zero-order valence-electron chi connectivity index (χ0n) is 11.9. The largest absolute Gasteiger partial charge is 0.466 e. The van der Waals surface area contributed by atoms with E-state index in [0.717, 1.165) is 0 Å². The van der Waals surface area contributed by atoms with E-state index in [1.807, 2.05) is 6.92 Å². The van der Waals surface area contributed by atoms with Crippen molar-refractivity contribution in [2.24, 2.45) is 5.92 Å². The number of ether oxygens (including phenoxy) is 2. The number of carbonyl (C=O) groups excluding carboxylic acids is 2. The second kappa shape index (κ2) is 11.1. The lowest BCUT2D eigenvalue weighted by atomic mass is 9.87. The Balaban J connectivity index is 0.000000411. The molecule has 0 aliphatic heterocycles. The molecule has 1 aliphatic carbocycles. The molecule has 106 valence electrons. The summed E-state index contributed by atoms with van der Waals surface area (Å²) < 4.78 is 9.31. The van der Waals surface area contributed by atoms with Gasteiger partial charge in [0.2, 0.25) is 0 Å². The first-order valence-electron chi connectivity index (χ1n) is 6.89. The second-order valence-corrected chi connectivity index (χ2v) is 4.44. The summed E-state index contributed by atoms with van der Waals surface area (Å²) in [7, 11) is 0. The molecule has 0 radical (unpaired) electrons. The molecule has 0 aromatic rings. The second-order valence-electron chi connectivity index (χ2n) is 4.44. The predicted molar refractivity (Wildman–Crippen MR) is 70.1 cm³/mol. The van der Waals surface area contributed by atoms with Gasteiger partial charge in [0.15, 0.2) is 0 Å². The van der Waals surface area contributed by atoms with E-state index in [2.05, 4.69) is 4.74 Å². The lowest BCUT2D eigenvalue weighted by molar-refractivity contribution is -0.144. The monoisotopic (exact) mass is 258 g/mol. The van der Waals surface area contributed by atoms with Crippen molar-refractivity contribution in [3.05, 3.63) is 0 Å². The molecule has 0 aromatic carbocycles. The fourth-order valence-electron chi connectivity index (χ4n) is 2.05. The van der Waals surface area contributed by atoms with Crippen LogP contribution in [-0.2, 0) is 19.1 Å². The van der Waals surface area contributed by atoms with Gasteiger partial charge >= 0.3 is 11.9 Å². The predicted octanol–water partition coefficient (Wildman–Crippen LogP) is 3.09. The van der Waals surface area contributed by atoms with Crippen molar-refractivity contribution in [2.75, 3.05) is 13.2 Å². The smallest absolute Gasteiger partial charge is 0.306 e. The van der Waals surface area contributed by atoms with Crippen LogP contribution in [0.5, 0.6) is 0 Å². The van der Waals surface area contributed by atoms with Crippen molar-refractivity contribution in [2.45, 2.75) is 59.3 Å². The molecule has 0 heterocycles. The zero-order valence-corrected chi connectivity index (χ0v) is 11.9. The molecule has 18 heavy (non-hydrogen) atoms. The number of hydrogen-bond acceptors (Lipinski definition) is 4. The Kier molecular flexibility index (Phi) is 10.4. The van der Waals surface area contributed by atoms with Crippen LogP contribution in [0.2, 0.25) is 0 Å². The Hall–Kier alpha value is -1.06. The maximum absolute atomic E-state index is 11.1. The van der Waals surface area contributed by atoms with E-state index in [9.17, 15) is 9.59 Å². The van der Waals surface area contributed by atoms with Crippen LogP contribution in [0.15, 0.2) is 0 Å². The van der Waals surface area contributed by atoms with Gasteiger partial charge in [-0.3, -0.25) is 9.59 Å². The van der Waals surface area contributed by atoms with Gasteiger partial charge < -0.3 is 9.47 Å². The molecule has 0 atom stereocenters. The lowest BCUT2D eigenvalue weighted by Gasteiger charge is -2.20. The third-order valence-electron chi connectivity index (χ3n) is 2.83. The molecule has 0 bridgehead atoms. The Morgan fingerprint density at radius 1 is 1.00 bits per heavy atom. The molecular formula is C14H26O4. The van der Waals surface area contributed by atoms with E-state index < -0.39 is 0 Å². The number of esters is 2. The topological polar surface area (TPSA) is 52.6 Å². The molecule has 1 rings (SSSR count). The van der Waals surface area contributed by atoms with Gasteiger partial charge in [-0.2, -0.15) is 0 Å². The minimum absolute atomic E-state index is 0.00981. The number of hydrogen-bond donors (Lipinski definition) is 0. The normalized spacial score (nSPS) is 15.3. The van der Waals surface area contributed by atoms with E-state index in [0.29, 0.717) is 25.6 Å². The Labute approximate surface area is 110 Å². The Bertz CT molecular complexity index is 232. The van der Waals surface area contributed by atoms with Crippen molar-refractivity contribution in [1.29, 1.82) is 0 Å². The van der Waals surface area contributed by atoms with Gasteiger partial charge in [0.25, 0.3) is 0 Å². The maximum atomic E-state index is 11.1. The summed E-state index contributed by atoms with van der Waals surface area (Å²) in [5.74, 6) is 0.389. The van der Waals surface area contributed by atoms with Crippen LogP contribution >= 0.6 is 0 Å². The van der Waals surface area contributed by atoms with Crippen LogP contribution in [0.25, 0.3) is 0 Å². The highest BCUT2D eigenvalue weighted by Crippen LogP contribution is 2.26. The van der Waals surface area contributed by atoms with Crippen molar-refractivity contribution >= 4 is 11.9 Å². The van der Waals surface area contributed by atoms with E-state index in [1.165, 1.54) is 39.0 Å². The summed E-state index contributed by atoms with van der Waals surface area (Å²) in [5, 5.41) is 0. The van der Waals surface area contributed by atoms with E-state index in [1.54, 1.807) is 6.92 Å². The van der Waals surface area contributed by atoms with Crippen LogP contribution in [0, 0.1) is 5.92 Å². The summed E-state index contributed by atoms with van der Waals surface area (Å²) in [6, 6.07) is 0. The lowest BCUT2D eigenvalue weighted by Crippen LogP contribution is -2.14. The first-order chi connectivity index (χ1) is 8.60. The third-order valence-corrected chi connectivity index (χ3v) is 2.83. The van der Waals surface area contributed by atoms with Gasteiger partial charge in [0, 0.05) is 13.3 Å². The van der Waals surface area contributed by atoms with Gasteiger partial charge in [-0.05, 0) is 32.6 Å². The molecule has 1 fully saturated rings. The summed E-state index contributed by atoms with van der Waals surface area (Å²) in [5.41, 5.74) is 0. The molecule has 0 aromatic heterocycles. The minimum atomic E-state index is -0.211. The fraction of sp³-hybridized carbons (Fsp3) is 0.857. The highest BCUT2D eigenvalue weighted by atomic mass is 16.5. The summed E-state index contributed by atoms with van der Waals surface area (Å²) in [4.78, 5) is 20.9. The molecule has 1 aliphatic rings. The first kappa shape index (κ1) is 16.9. The Morgan fingerprint density at radius 3 is 1.94 bits per heavy atom. The first-order valence-corrected chi connectivity index (χ1v) is 6.89. The SMILES string of the molecule is CCOC(=O)CC1CCCCC1.CCOC(C)=O. The third kappa shape index (κ3) is 10.1. The standard InChI is InChI=1S/C10H18O2.C4H8O2/c1-2-12-10(11)8-9-6-4-3-5-7-9;1-3-6-4(2)5/h9H,2-8H2,1H3;3H2,1-2H3. The van der Waals surface area contributed by atoms with Crippen LogP contribution in [0.4, 0.5) is 0 Å². The van der Waals surface area contributed by atoms with Crippen LogP contribution < -0.4 is 0 Å². The quantitative estimate of drug-likeness (QED) is 0.727. The van der Waals surface area contributed by atoms with Gasteiger partial charge in [0.1, 0.15) is 0 Å². The molecule has 4 nitrogen and oxygen atoms in total. The Morgan fingerprint density at radius 2 is 1.56 bits per heavy atom. The summed E-state index contributed by atoms with van der Waals surface area (Å²) in [6.07, 6.45) is 7.03. The fourth-order valence-corrected chi connectivity index (χ4v) is 2.05. The molecular weight excluding hydrogens is 232 g/mol.